The van der Waals surface area contributed by atoms with Gasteiger partial charge in [0.15, 0.2) is 0 Å². The Hall–Kier alpha value is -0.570. The Labute approximate surface area is 86.0 Å². The van der Waals surface area contributed by atoms with Crippen LogP contribution in [0.3, 0.4) is 0 Å². The molecule has 0 heterocycles. The third-order valence-electron chi connectivity index (χ3n) is 3.20. The van der Waals surface area contributed by atoms with E-state index >= 15 is 0 Å². The molecule has 1 fully saturated rings. The van der Waals surface area contributed by atoms with Gasteiger partial charge in [0.25, 0.3) is 0 Å². The van der Waals surface area contributed by atoms with Crippen molar-refractivity contribution in [2.75, 3.05) is 0 Å². The quantitative estimate of drug-likeness (QED) is 0.689. The molecule has 0 aromatic heterocycles. The van der Waals surface area contributed by atoms with Gasteiger partial charge in [-0.15, -0.1) is 0 Å². The molecule has 1 aliphatic rings. The summed E-state index contributed by atoms with van der Waals surface area (Å²) in [7, 11) is 0. The highest BCUT2D eigenvalue weighted by molar-refractivity contribution is 5.75. The van der Waals surface area contributed by atoms with Crippen LogP contribution in [0.25, 0.3) is 0 Å². The maximum atomic E-state index is 11.3. The Bertz CT molecular complexity index is 203. The number of carbonyl (C=O) groups is 1. The molecule has 1 aliphatic carbocycles. The molecule has 3 nitrogen and oxygen atoms in total. The first kappa shape index (κ1) is 11.5. The maximum absolute atomic E-state index is 11.3. The van der Waals surface area contributed by atoms with Crippen molar-refractivity contribution in [1.82, 2.24) is 0 Å². The monoisotopic (exact) mass is 199 g/mol. The van der Waals surface area contributed by atoms with Gasteiger partial charge in [-0.3, -0.25) is 4.79 Å². The molecule has 0 amide bonds. The SMILES string of the molecule is CC(N)C(=O)OC1CCC(C)C(C)C1. The lowest BCUT2D eigenvalue weighted by Crippen LogP contribution is -2.35. The average molecular weight is 199 g/mol. The van der Waals surface area contributed by atoms with E-state index in [4.69, 9.17) is 10.5 Å². The summed E-state index contributed by atoms with van der Waals surface area (Å²) in [6.45, 7) is 6.14. The van der Waals surface area contributed by atoms with Crippen LogP contribution in [-0.2, 0) is 9.53 Å². The van der Waals surface area contributed by atoms with Gasteiger partial charge < -0.3 is 10.5 Å². The van der Waals surface area contributed by atoms with Gasteiger partial charge in [-0.2, -0.15) is 0 Å². The van der Waals surface area contributed by atoms with Crippen molar-refractivity contribution in [2.45, 2.75) is 52.2 Å². The van der Waals surface area contributed by atoms with Crippen LogP contribution >= 0.6 is 0 Å². The fraction of sp³-hybridized carbons (Fsp3) is 0.909. The van der Waals surface area contributed by atoms with Gasteiger partial charge in [-0.25, -0.2) is 0 Å². The van der Waals surface area contributed by atoms with E-state index in [1.54, 1.807) is 6.92 Å². The third-order valence-corrected chi connectivity index (χ3v) is 3.20. The fourth-order valence-electron chi connectivity index (χ4n) is 1.88. The molecule has 2 N–H and O–H groups in total. The van der Waals surface area contributed by atoms with Crippen LogP contribution in [0.1, 0.15) is 40.0 Å². The Morgan fingerprint density at radius 3 is 2.50 bits per heavy atom. The van der Waals surface area contributed by atoms with Gasteiger partial charge in [0, 0.05) is 0 Å². The first-order chi connectivity index (χ1) is 6.50. The maximum Gasteiger partial charge on any atom is 0.322 e. The molecular formula is C11H21NO2. The summed E-state index contributed by atoms with van der Waals surface area (Å²) >= 11 is 0. The highest BCUT2D eigenvalue weighted by atomic mass is 16.5. The zero-order valence-electron chi connectivity index (χ0n) is 9.32. The molecule has 0 aromatic carbocycles. The summed E-state index contributed by atoms with van der Waals surface area (Å²) in [5.41, 5.74) is 5.44. The standard InChI is InChI=1S/C11H21NO2/c1-7-4-5-10(6-8(7)2)14-11(13)9(3)12/h7-10H,4-6,12H2,1-3H3. The lowest BCUT2D eigenvalue weighted by molar-refractivity contribution is -0.152. The number of carbonyl (C=O) groups excluding carboxylic acids is 1. The second kappa shape index (κ2) is 4.78. The largest absolute Gasteiger partial charge is 0.461 e. The van der Waals surface area contributed by atoms with Crippen molar-refractivity contribution >= 4 is 5.97 Å². The lowest BCUT2D eigenvalue weighted by atomic mass is 9.80. The predicted molar refractivity (Wildman–Crippen MR) is 55.7 cm³/mol. The number of nitrogens with two attached hydrogens (primary N) is 1. The normalized spacial score (nSPS) is 35.0. The Morgan fingerprint density at radius 2 is 2.00 bits per heavy atom. The minimum Gasteiger partial charge on any atom is -0.461 e. The van der Waals surface area contributed by atoms with E-state index in [0.29, 0.717) is 5.92 Å². The minimum atomic E-state index is -0.496. The van der Waals surface area contributed by atoms with E-state index in [-0.39, 0.29) is 12.1 Å². The number of ether oxygens (including phenoxy) is 1. The van der Waals surface area contributed by atoms with Crippen LogP contribution in [0.2, 0.25) is 0 Å². The predicted octanol–water partition coefficient (Wildman–Crippen LogP) is 1.70. The fourth-order valence-corrected chi connectivity index (χ4v) is 1.88. The summed E-state index contributed by atoms with van der Waals surface area (Å²) in [5, 5.41) is 0. The van der Waals surface area contributed by atoms with Gasteiger partial charge in [0.05, 0.1) is 0 Å². The van der Waals surface area contributed by atoms with Gasteiger partial charge in [-0.1, -0.05) is 13.8 Å². The highest BCUT2D eigenvalue weighted by Crippen LogP contribution is 2.30. The summed E-state index contributed by atoms with van der Waals surface area (Å²) in [5.74, 6) is 1.13. The van der Waals surface area contributed by atoms with E-state index in [1.165, 1.54) is 0 Å². The van der Waals surface area contributed by atoms with Crippen molar-refractivity contribution in [3.63, 3.8) is 0 Å². The second-order valence-corrected chi connectivity index (χ2v) is 4.62. The molecule has 0 aromatic rings. The van der Waals surface area contributed by atoms with Crippen molar-refractivity contribution < 1.29 is 9.53 Å². The Morgan fingerprint density at radius 1 is 1.36 bits per heavy atom. The number of esters is 1. The van der Waals surface area contributed by atoms with E-state index in [9.17, 15) is 4.79 Å². The topological polar surface area (TPSA) is 52.3 Å². The molecule has 14 heavy (non-hydrogen) atoms. The van der Waals surface area contributed by atoms with E-state index in [1.807, 2.05) is 0 Å². The zero-order chi connectivity index (χ0) is 10.7. The van der Waals surface area contributed by atoms with Crippen LogP contribution in [0.5, 0.6) is 0 Å². The molecule has 4 unspecified atom stereocenters. The molecule has 0 spiro atoms. The molecule has 82 valence electrons. The highest BCUT2D eigenvalue weighted by Gasteiger charge is 2.27. The summed E-state index contributed by atoms with van der Waals surface area (Å²) in [6.07, 6.45) is 3.22. The van der Waals surface area contributed by atoms with Gasteiger partial charge in [0.1, 0.15) is 12.1 Å². The van der Waals surface area contributed by atoms with Crippen molar-refractivity contribution in [2.24, 2.45) is 17.6 Å². The smallest absolute Gasteiger partial charge is 0.322 e. The Kier molecular flexibility index (Phi) is 3.93. The van der Waals surface area contributed by atoms with Gasteiger partial charge >= 0.3 is 5.97 Å². The molecule has 0 aliphatic heterocycles. The second-order valence-electron chi connectivity index (χ2n) is 4.62. The summed E-state index contributed by atoms with van der Waals surface area (Å²) in [6, 6.07) is -0.496. The van der Waals surface area contributed by atoms with E-state index in [2.05, 4.69) is 13.8 Å². The van der Waals surface area contributed by atoms with Gasteiger partial charge in [-0.05, 0) is 38.0 Å². The lowest BCUT2D eigenvalue weighted by Gasteiger charge is -2.31. The van der Waals surface area contributed by atoms with Crippen LogP contribution in [0.4, 0.5) is 0 Å². The molecule has 0 bridgehead atoms. The van der Waals surface area contributed by atoms with Crippen LogP contribution in [-0.4, -0.2) is 18.1 Å². The van der Waals surface area contributed by atoms with Crippen molar-refractivity contribution in [3.8, 4) is 0 Å². The van der Waals surface area contributed by atoms with Crippen LogP contribution in [0.15, 0.2) is 0 Å². The first-order valence-electron chi connectivity index (χ1n) is 5.46. The first-order valence-corrected chi connectivity index (χ1v) is 5.46. The molecular weight excluding hydrogens is 178 g/mol. The molecule has 4 atom stereocenters. The van der Waals surface area contributed by atoms with Crippen LogP contribution < -0.4 is 5.73 Å². The number of rotatable bonds is 2. The minimum absolute atomic E-state index is 0.0969. The van der Waals surface area contributed by atoms with E-state index in [0.717, 1.165) is 25.2 Å². The molecule has 1 rings (SSSR count). The van der Waals surface area contributed by atoms with Gasteiger partial charge in [0.2, 0.25) is 0 Å². The summed E-state index contributed by atoms with van der Waals surface area (Å²) < 4.78 is 5.31. The summed E-state index contributed by atoms with van der Waals surface area (Å²) in [4.78, 5) is 11.3. The molecule has 1 saturated carbocycles. The number of hydrogen-bond acceptors (Lipinski definition) is 3. The zero-order valence-corrected chi connectivity index (χ0v) is 9.32. The average Bonchev–Trinajstić information content (AvgIpc) is 2.11. The third kappa shape index (κ3) is 2.98. The van der Waals surface area contributed by atoms with Crippen molar-refractivity contribution in [3.05, 3.63) is 0 Å². The molecule has 0 radical (unpaired) electrons. The van der Waals surface area contributed by atoms with Crippen molar-refractivity contribution in [1.29, 1.82) is 0 Å². The molecule has 0 saturated heterocycles. The number of hydrogen-bond donors (Lipinski definition) is 1. The Balaban J connectivity index is 2.37. The molecule has 3 heteroatoms. The van der Waals surface area contributed by atoms with E-state index < -0.39 is 6.04 Å². The van der Waals surface area contributed by atoms with Crippen LogP contribution in [0, 0.1) is 11.8 Å².